The lowest BCUT2D eigenvalue weighted by Gasteiger charge is -2.10. The average molecular weight is 454 g/mol. The van der Waals surface area contributed by atoms with Crippen molar-refractivity contribution >= 4 is 38.5 Å². The van der Waals surface area contributed by atoms with Crippen molar-refractivity contribution in [3.63, 3.8) is 0 Å². The van der Waals surface area contributed by atoms with Gasteiger partial charge >= 0.3 is 0 Å². The number of benzene rings is 2. The number of nitrogens with zero attached hydrogens (tertiary/aromatic N) is 2. The van der Waals surface area contributed by atoms with Gasteiger partial charge in [0.2, 0.25) is 5.91 Å². The maximum atomic E-state index is 10.9. The summed E-state index contributed by atoms with van der Waals surface area (Å²) in [6.07, 6.45) is 7.90. The number of fused-ring (bicyclic) bond motifs is 4. The first-order valence-corrected chi connectivity index (χ1v) is 10.1. The van der Waals surface area contributed by atoms with Crippen LogP contribution in [0, 0.1) is 13.8 Å². The zero-order chi connectivity index (χ0) is 19.8. The topological polar surface area (TPSA) is 51.9 Å². The molecular weight excluding hydrogens is 426 g/mol. The van der Waals surface area contributed by atoms with E-state index in [-0.39, 0.29) is 22.9 Å². The van der Waals surface area contributed by atoms with Crippen LogP contribution in [0.25, 0.3) is 32.6 Å². The molecule has 4 aromatic rings. The SMILES string of the molecule is Cc1c2c[n+](CCCCCC(N)=O)ccc2c(C)c2c1c1ccccc1n2C.[Br-]. The molecule has 2 aromatic carbocycles. The van der Waals surface area contributed by atoms with Gasteiger partial charge in [0.25, 0.3) is 0 Å². The molecule has 4 nitrogen and oxygen atoms in total. The number of amides is 1. The van der Waals surface area contributed by atoms with Gasteiger partial charge < -0.3 is 27.3 Å². The lowest BCUT2D eigenvalue weighted by molar-refractivity contribution is -0.696. The number of aryl methyl sites for hydroxylation is 4. The third-order valence-corrected chi connectivity index (χ3v) is 6.00. The van der Waals surface area contributed by atoms with Gasteiger partial charge in [-0.25, -0.2) is 4.57 Å². The van der Waals surface area contributed by atoms with Crippen LogP contribution in [-0.2, 0) is 18.4 Å². The molecule has 152 valence electrons. The highest BCUT2D eigenvalue weighted by Crippen LogP contribution is 2.37. The average Bonchev–Trinajstić information content (AvgIpc) is 2.99. The van der Waals surface area contributed by atoms with Crippen molar-refractivity contribution in [2.45, 2.75) is 46.1 Å². The fourth-order valence-corrected chi connectivity index (χ4v) is 4.55. The van der Waals surface area contributed by atoms with E-state index >= 15 is 0 Å². The molecule has 0 aliphatic heterocycles. The minimum atomic E-state index is -0.205. The Kier molecular flexibility index (Phi) is 6.27. The highest BCUT2D eigenvalue weighted by atomic mass is 79.9. The van der Waals surface area contributed by atoms with E-state index in [0.29, 0.717) is 6.42 Å². The monoisotopic (exact) mass is 453 g/mol. The van der Waals surface area contributed by atoms with Gasteiger partial charge in [0, 0.05) is 47.6 Å². The molecule has 0 aliphatic carbocycles. The highest BCUT2D eigenvalue weighted by molar-refractivity contribution is 6.16. The summed E-state index contributed by atoms with van der Waals surface area (Å²) in [6, 6.07) is 10.9. The van der Waals surface area contributed by atoms with Crippen LogP contribution in [0.3, 0.4) is 0 Å². The summed E-state index contributed by atoms with van der Waals surface area (Å²) in [5, 5.41) is 5.33. The number of unbranched alkanes of at least 4 members (excludes halogenated alkanes) is 2. The maximum absolute atomic E-state index is 10.9. The number of halogens is 1. The second-order valence-electron chi connectivity index (χ2n) is 7.84. The molecule has 1 amide bonds. The fourth-order valence-electron chi connectivity index (χ4n) is 4.55. The summed E-state index contributed by atoms with van der Waals surface area (Å²) in [4.78, 5) is 10.9. The molecule has 0 atom stereocenters. The normalized spacial score (nSPS) is 11.3. The number of hydrogen-bond donors (Lipinski definition) is 1. The quantitative estimate of drug-likeness (QED) is 0.348. The molecule has 4 rings (SSSR count). The lowest BCUT2D eigenvalue weighted by Crippen LogP contribution is -3.00. The third-order valence-electron chi connectivity index (χ3n) is 6.00. The van der Waals surface area contributed by atoms with Crippen LogP contribution in [0.2, 0.25) is 0 Å². The van der Waals surface area contributed by atoms with Crippen LogP contribution >= 0.6 is 0 Å². The summed E-state index contributed by atoms with van der Waals surface area (Å²) in [7, 11) is 2.16. The minimum Gasteiger partial charge on any atom is -1.00 e. The number of para-hydroxylation sites is 1. The molecule has 0 saturated heterocycles. The molecule has 29 heavy (non-hydrogen) atoms. The summed E-state index contributed by atoms with van der Waals surface area (Å²) in [5.41, 5.74) is 10.5. The number of nitrogens with two attached hydrogens (primary N) is 1. The zero-order valence-corrected chi connectivity index (χ0v) is 18.9. The van der Waals surface area contributed by atoms with Crippen molar-refractivity contribution in [2.75, 3.05) is 0 Å². The van der Waals surface area contributed by atoms with Gasteiger partial charge in [-0.3, -0.25) is 4.79 Å². The van der Waals surface area contributed by atoms with Crippen molar-refractivity contribution in [1.29, 1.82) is 0 Å². The van der Waals surface area contributed by atoms with Crippen LogP contribution in [0.5, 0.6) is 0 Å². The fraction of sp³-hybridized carbons (Fsp3) is 0.333. The van der Waals surface area contributed by atoms with Crippen LogP contribution in [0.1, 0.15) is 36.8 Å². The highest BCUT2D eigenvalue weighted by Gasteiger charge is 2.18. The van der Waals surface area contributed by atoms with Crippen molar-refractivity contribution in [3.8, 4) is 0 Å². The molecule has 0 saturated carbocycles. The predicted molar refractivity (Wildman–Crippen MR) is 115 cm³/mol. The Bertz CT molecular complexity index is 1210. The lowest BCUT2D eigenvalue weighted by atomic mass is 9.97. The van der Waals surface area contributed by atoms with Crippen LogP contribution < -0.4 is 27.3 Å². The maximum Gasteiger partial charge on any atom is 0.217 e. The molecule has 5 heteroatoms. The van der Waals surface area contributed by atoms with E-state index in [1.54, 1.807) is 0 Å². The van der Waals surface area contributed by atoms with E-state index in [2.05, 4.69) is 72.8 Å². The van der Waals surface area contributed by atoms with Crippen LogP contribution in [0.15, 0.2) is 42.7 Å². The second kappa shape index (κ2) is 8.54. The van der Waals surface area contributed by atoms with Gasteiger partial charge in [0.05, 0.1) is 5.52 Å². The van der Waals surface area contributed by atoms with Gasteiger partial charge in [-0.1, -0.05) is 18.2 Å². The molecule has 2 aromatic heterocycles. The molecule has 0 unspecified atom stereocenters. The zero-order valence-electron chi connectivity index (χ0n) is 17.3. The Morgan fingerprint density at radius 1 is 1.00 bits per heavy atom. The van der Waals surface area contributed by atoms with Crippen molar-refractivity contribution in [1.82, 2.24) is 4.57 Å². The van der Waals surface area contributed by atoms with E-state index in [1.807, 2.05) is 0 Å². The number of aromatic nitrogens is 2. The molecule has 0 radical (unpaired) electrons. The van der Waals surface area contributed by atoms with Crippen molar-refractivity contribution in [3.05, 3.63) is 53.9 Å². The van der Waals surface area contributed by atoms with E-state index in [1.165, 1.54) is 43.7 Å². The summed E-state index contributed by atoms with van der Waals surface area (Å²) in [5.74, 6) is -0.205. The molecular formula is C24H28BrN3O. The number of primary amides is 1. The number of hydrogen-bond acceptors (Lipinski definition) is 1. The van der Waals surface area contributed by atoms with E-state index < -0.39 is 0 Å². The van der Waals surface area contributed by atoms with Gasteiger partial charge in [0.15, 0.2) is 12.4 Å². The van der Waals surface area contributed by atoms with Crippen LogP contribution in [-0.4, -0.2) is 10.5 Å². The predicted octanol–water partition coefficient (Wildman–Crippen LogP) is 1.44. The second-order valence-corrected chi connectivity index (χ2v) is 7.84. The first kappa shape index (κ1) is 21.3. The van der Waals surface area contributed by atoms with Gasteiger partial charge in [0.1, 0.15) is 6.54 Å². The Morgan fingerprint density at radius 2 is 1.76 bits per heavy atom. The van der Waals surface area contributed by atoms with E-state index in [9.17, 15) is 4.79 Å². The number of carbonyl (C=O) groups excluding carboxylic acids is 1. The number of carbonyl (C=O) groups is 1. The molecule has 0 bridgehead atoms. The van der Waals surface area contributed by atoms with E-state index in [4.69, 9.17) is 5.73 Å². The Morgan fingerprint density at radius 3 is 2.52 bits per heavy atom. The Balaban J connectivity index is 0.00000240. The smallest absolute Gasteiger partial charge is 0.217 e. The van der Waals surface area contributed by atoms with Gasteiger partial charge in [-0.2, -0.15) is 0 Å². The third kappa shape index (κ3) is 3.76. The first-order valence-electron chi connectivity index (χ1n) is 10.1. The number of pyridine rings is 1. The summed E-state index contributed by atoms with van der Waals surface area (Å²) >= 11 is 0. The van der Waals surface area contributed by atoms with Crippen molar-refractivity contribution in [2.24, 2.45) is 12.8 Å². The Hall–Kier alpha value is -2.40. The van der Waals surface area contributed by atoms with Gasteiger partial charge in [-0.15, -0.1) is 0 Å². The molecule has 0 fully saturated rings. The summed E-state index contributed by atoms with van der Waals surface area (Å²) < 4.78 is 4.60. The largest absolute Gasteiger partial charge is 1.00 e. The van der Waals surface area contributed by atoms with E-state index in [0.717, 1.165) is 25.8 Å². The standard InChI is InChI=1S/C24H27N3O.BrH/c1-16-20-15-27(13-8-4-5-11-22(25)28)14-12-18(20)17(2)24-23(16)19-9-6-7-10-21(19)26(24)3;/h6-7,9-10,12,14-15H,4-5,8,11,13H2,1-3H3,(H-,25,28);1H. The molecule has 2 N–H and O–H groups in total. The molecule has 2 heterocycles. The first-order chi connectivity index (χ1) is 13.5. The molecule has 0 aliphatic rings. The number of rotatable bonds is 6. The summed E-state index contributed by atoms with van der Waals surface area (Å²) in [6.45, 7) is 5.44. The Labute approximate surface area is 182 Å². The minimum absolute atomic E-state index is 0. The van der Waals surface area contributed by atoms with Crippen LogP contribution in [0.4, 0.5) is 0 Å². The molecule has 0 spiro atoms. The van der Waals surface area contributed by atoms with Gasteiger partial charge in [-0.05, 0) is 49.3 Å². The van der Waals surface area contributed by atoms with Crippen molar-refractivity contribution < 1.29 is 26.3 Å².